The van der Waals surface area contributed by atoms with Gasteiger partial charge >= 0.3 is 12.1 Å². The first-order chi connectivity index (χ1) is 14.2. The molecule has 11 nitrogen and oxygen atoms in total. The van der Waals surface area contributed by atoms with Gasteiger partial charge in [0.1, 0.15) is 13.3 Å². The Bertz CT molecular complexity index is 608. The molecule has 11 heteroatoms. The van der Waals surface area contributed by atoms with Crippen LogP contribution in [-0.2, 0) is 14.3 Å². The SMILES string of the molecule is N#COCCCCCCNC(=O)N(CN=C=O)C(=O)NCCCCCCN=C=O. The molecule has 0 aromatic rings. The minimum Gasteiger partial charge on any atom is -0.428 e. The van der Waals surface area contributed by atoms with Crippen molar-refractivity contribution < 1.29 is 23.9 Å². The summed E-state index contributed by atoms with van der Waals surface area (Å²) in [6, 6.07) is -1.28. The summed E-state index contributed by atoms with van der Waals surface area (Å²) in [6.45, 7) is 1.16. The smallest absolute Gasteiger partial charge is 0.327 e. The van der Waals surface area contributed by atoms with Gasteiger partial charge in [-0.25, -0.2) is 29.1 Å². The Morgan fingerprint density at radius 3 is 1.93 bits per heavy atom. The fourth-order valence-corrected chi connectivity index (χ4v) is 2.32. The summed E-state index contributed by atoms with van der Waals surface area (Å²) in [4.78, 5) is 52.2. The Kier molecular flexibility index (Phi) is 17.4. The van der Waals surface area contributed by atoms with Crippen molar-refractivity contribution in [2.75, 3.05) is 32.9 Å². The molecule has 0 aliphatic carbocycles. The van der Waals surface area contributed by atoms with E-state index in [1.807, 2.05) is 0 Å². The standard InChI is InChI=1S/C18H28N6O5/c19-13-29-12-8-4-3-7-11-23-18(28)24(14-21-16-26)17(27)22-10-6-2-1-5-9-20-15-25/h1-12,14H2,(H,22,27)(H,23,28). The molecule has 0 bridgehead atoms. The van der Waals surface area contributed by atoms with Gasteiger partial charge in [0, 0.05) is 13.1 Å². The van der Waals surface area contributed by atoms with E-state index in [1.54, 1.807) is 6.26 Å². The number of rotatable bonds is 16. The highest BCUT2D eigenvalue weighted by Crippen LogP contribution is 2.01. The van der Waals surface area contributed by atoms with Crippen LogP contribution >= 0.6 is 0 Å². The van der Waals surface area contributed by atoms with Gasteiger partial charge in [-0.2, -0.15) is 10.3 Å². The molecule has 0 aromatic heterocycles. The van der Waals surface area contributed by atoms with Gasteiger partial charge in [-0.1, -0.05) is 19.3 Å². The highest BCUT2D eigenvalue weighted by molar-refractivity contribution is 5.93. The number of carbonyl (C=O) groups is 2. The second kappa shape index (κ2) is 19.5. The quantitative estimate of drug-likeness (QED) is 0.172. The van der Waals surface area contributed by atoms with Crippen LogP contribution in [0.1, 0.15) is 51.4 Å². The van der Waals surface area contributed by atoms with Crippen molar-refractivity contribution >= 4 is 24.2 Å². The molecule has 0 saturated carbocycles. The van der Waals surface area contributed by atoms with E-state index in [1.165, 1.54) is 12.2 Å². The van der Waals surface area contributed by atoms with E-state index < -0.39 is 18.7 Å². The van der Waals surface area contributed by atoms with Crippen molar-refractivity contribution in [3.63, 3.8) is 0 Å². The number of ether oxygens (including phenoxy) is 1. The molecule has 0 aliphatic heterocycles. The molecule has 0 aromatic carbocycles. The monoisotopic (exact) mass is 408 g/mol. The van der Waals surface area contributed by atoms with Crippen molar-refractivity contribution in [3.05, 3.63) is 0 Å². The van der Waals surface area contributed by atoms with E-state index in [0.717, 1.165) is 43.4 Å². The molecule has 0 fully saturated rings. The molecule has 4 amide bonds. The summed E-state index contributed by atoms with van der Waals surface area (Å²) < 4.78 is 4.57. The Labute approximate surface area is 170 Å². The molecule has 0 aliphatic rings. The third kappa shape index (κ3) is 15.5. The summed E-state index contributed by atoms with van der Waals surface area (Å²) in [7, 11) is 0. The third-order valence-electron chi connectivity index (χ3n) is 3.82. The Morgan fingerprint density at radius 1 is 0.828 bits per heavy atom. The lowest BCUT2D eigenvalue weighted by Crippen LogP contribution is -2.49. The molecule has 160 valence electrons. The molecule has 0 rings (SSSR count). The van der Waals surface area contributed by atoms with Gasteiger partial charge in [0.25, 0.3) is 6.26 Å². The van der Waals surface area contributed by atoms with Crippen LogP contribution in [0.5, 0.6) is 0 Å². The van der Waals surface area contributed by atoms with E-state index in [-0.39, 0.29) is 0 Å². The topological polar surface area (TPSA) is 153 Å². The molecule has 29 heavy (non-hydrogen) atoms. The van der Waals surface area contributed by atoms with Crippen molar-refractivity contribution in [3.8, 4) is 6.26 Å². The lowest BCUT2D eigenvalue weighted by Gasteiger charge is -2.19. The first-order valence-corrected chi connectivity index (χ1v) is 9.58. The molecule has 0 unspecified atom stereocenters. The number of unbranched alkanes of at least 4 members (excludes halogenated alkanes) is 6. The zero-order valence-corrected chi connectivity index (χ0v) is 16.5. The van der Waals surface area contributed by atoms with Gasteiger partial charge in [0.05, 0.1) is 6.54 Å². The van der Waals surface area contributed by atoms with Crippen molar-refractivity contribution in [2.45, 2.75) is 51.4 Å². The van der Waals surface area contributed by atoms with Crippen LogP contribution in [0, 0.1) is 11.5 Å². The molecule has 0 radical (unpaired) electrons. The molecule has 0 saturated heterocycles. The maximum atomic E-state index is 12.2. The fraction of sp³-hybridized carbons (Fsp3) is 0.722. The van der Waals surface area contributed by atoms with Crippen molar-refractivity contribution in [1.82, 2.24) is 15.5 Å². The van der Waals surface area contributed by atoms with Crippen molar-refractivity contribution in [2.24, 2.45) is 9.98 Å². The Morgan fingerprint density at radius 2 is 1.38 bits per heavy atom. The largest absolute Gasteiger partial charge is 0.428 e. The second-order valence-electron chi connectivity index (χ2n) is 6.02. The number of imide groups is 1. The molecule has 2 N–H and O–H groups in total. The number of amides is 4. The van der Waals surface area contributed by atoms with Gasteiger partial charge in [0.2, 0.25) is 12.2 Å². The van der Waals surface area contributed by atoms with Gasteiger partial charge in [-0.15, -0.1) is 0 Å². The highest BCUT2D eigenvalue weighted by Gasteiger charge is 2.20. The maximum Gasteiger partial charge on any atom is 0.327 e. The van der Waals surface area contributed by atoms with Crippen LogP contribution in [0.2, 0.25) is 0 Å². The van der Waals surface area contributed by atoms with Gasteiger partial charge < -0.3 is 15.4 Å². The van der Waals surface area contributed by atoms with Crippen LogP contribution in [0.15, 0.2) is 9.98 Å². The number of nitriles is 1. The molecular formula is C18H28N6O5. The number of carbonyl (C=O) groups excluding carboxylic acids is 4. The number of hydrogen-bond donors (Lipinski definition) is 2. The second-order valence-corrected chi connectivity index (χ2v) is 6.02. The minimum absolute atomic E-state index is 0.370. The van der Waals surface area contributed by atoms with Crippen LogP contribution in [-0.4, -0.2) is 62.0 Å². The van der Waals surface area contributed by atoms with E-state index in [4.69, 9.17) is 5.26 Å². The van der Waals surface area contributed by atoms with Gasteiger partial charge in [-0.3, -0.25) is 0 Å². The number of nitrogens with one attached hydrogen (secondary N) is 2. The molecular weight excluding hydrogens is 380 g/mol. The maximum absolute atomic E-state index is 12.2. The average molecular weight is 408 g/mol. The predicted octanol–water partition coefficient (Wildman–Crippen LogP) is 1.96. The minimum atomic E-state index is -0.638. The number of isocyanates is 2. The Balaban J connectivity index is 4.09. The molecule has 0 heterocycles. The third-order valence-corrected chi connectivity index (χ3v) is 3.82. The average Bonchev–Trinajstić information content (AvgIpc) is 2.72. The lowest BCUT2D eigenvalue weighted by atomic mass is 10.2. The zero-order chi connectivity index (χ0) is 21.6. The van der Waals surface area contributed by atoms with Crippen LogP contribution in [0.25, 0.3) is 0 Å². The summed E-state index contributed by atoms with van der Waals surface area (Å²) in [5, 5.41) is 13.5. The van der Waals surface area contributed by atoms with Gasteiger partial charge in [-0.05, 0) is 32.1 Å². The van der Waals surface area contributed by atoms with Crippen molar-refractivity contribution in [1.29, 1.82) is 5.26 Å². The zero-order valence-electron chi connectivity index (χ0n) is 16.5. The highest BCUT2D eigenvalue weighted by atomic mass is 16.5. The van der Waals surface area contributed by atoms with Crippen LogP contribution < -0.4 is 10.6 Å². The summed E-state index contributed by atoms with van der Waals surface area (Å²) in [5.74, 6) is 0. The Hall–Kier alpha value is -3.21. The van der Waals surface area contributed by atoms with E-state index in [2.05, 4.69) is 25.4 Å². The normalized spacial score (nSPS) is 9.34. The predicted molar refractivity (Wildman–Crippen MR) is 103 cm³/mol. The summed E-state index contributed by atoms with van der Waals surface area (Å²) in [5.41, 5.74) is 0. The van der Waals surface area contributed by atoms with E-state index in [0.29, 0.717) is 39.1 Å². The van der Waals surface area contributed by atoms with E-state index >= 15 is 0 Å². The number of nitrogens with zero attached hydrogens (tertiary/aromatic N) is 4. The first kappa shape index (κ1) is 25.8. The molecule has 0 atom stereocenters. The first-order valence-electron chi connectivity index (χ1n) is 9.58. The van der Waals surface area contributed by atoms with Crippen LogP contribution in [0.3, 0.4) is 0 Å². The summed E-state index contributed by atoms with van der Waals surface area (Å²) >= 11 is 0. The fourth-order valence-electron chi connectivity index (χ4n) is 2.32. The number of urea groups is 2. The number of aliphatic imine (C=N–C) groups is 2. The van der Waals surface area contributed by atoms with E-state index in [9.17, 15) is 19.2 Å². The lowest BCUT2D eigenvalue weighted by molar-refractivity contribution is 0.186. The van der Waals surface area contributed by atoms with Crippen LogP contribution in [0.4, 0.5) is 9.59 Å². The molecule has 0 spiro atoms. The van der Waals surface area contributed by atoms with Gasteiger partial charge in [0.15, 0.2) is 0 Å². The summed E-state index contributed by atoms with van der Waals surface area (Å²) in [6.07, 6.45) is 10.7. The number of hydrogen-bond acceptors (Lipinski definition) is 8.